The predicted molar refractivity (Wildman–Crippen MR) is 66.2 cm³/mol. The Bertz CT molecular complexity index is 410. The summed E-state index contributed by atoms with van der Waals surface area (Å²) in [6.07, 6.45) is 0. The van der Waals surface area contributed by atoms with Gasteiger partial charge in [0.2, 0.25) is 0 Å². The molecule has 0 aliphatic heterocycles. The van der Waals surface area contributed by atoms with Gasteiger partial charge in [-0.2, -0.15) is 0 Å². The Labute approximate surface area is 91.7 Å². The molecule has 1 N–H and O–H groups in total. The summed E-state index contributed by atoms with van der Waals surface area (Å²) in [5.74, 6) is 2.77. The largest absolute Gasteiger partial charge is 0.386 e. The van der Waals surface area contributed by atoms with Crippen LogP contribution in [0.15, 0.2) is 18.2 Å². The summed E-state index contributed by atoms with van der Waals surface area (Å²) in [4.78, 5) is 0. The summed E-state index contributed by atoms with van der Waals surface area (Å²) < 4.78 is 13.4. The Morgan fingerprint density at radius 2 is 1.93 bits per heavy atom. The predicted octanol–water partition coefficient (Wildman–Crippen LogP) is 3.10. The Balaban J connectivity index is 2.97. The number of nitrogens with one attached hydrogen (secondary N) is 1. The first kappa shape index (κ1) is 11.8. The zero-order chi connectivity index (χ0) is 11.5. The van der Waals surface area contributed by atoms with E-state index >= 15 is 0 Å². The van der Waals surface area contributed by atoms with Crippen molar-refractivity contribution in [2.24, 2.45) is 0 Å². The lowest BCUT2D eigenvalue weighted by atomic mass is 10.2. The molecular formula is C12H16FNSi. The first-order valence-electron chi connectivity index (χ1n) is 4.93. The van der Waals surface area contributed by atoms with Crippen molar-refractivity contribution in [3.05, 3.63) is 29.6 Å². The first-order chi connectivity index (χ1) is 6.92. The van der Waals surface area contributed by atoms with Gasteiger partial charge in [0.25, 0.3) is 0 Å². The van der Waals surface area contributed by atoms with E-state index in [0.29, 0.717) is 5.69 Å². The molecule has 0 fully saturated rings. The van der Waals surface area contributed by atoms with Gasteiger partial charge < -0.3 is 5.32 Å². The van der Waals surface area contributed by atoms with Crippen LogP contribution in [-0.2, 0) is 0 Å². The van der Waals surface area contributed by atoms with E-state index in [9.17, 15) is 4.39 Å². The van der Waals surface area contributed by atoms with E-state index in [0.717, 1.165) is 5.56 Å². The quantitative estimate of drug-likeness (QED) is 0.567. The van der Waals surface area contributed by atoms with E-state index in [2.05, 4.69) is 36.4 Å². The molecule has 0 saturated heterocycles. The fourth-order valence-corrected chi connectivity index (χ4v) is 1.57. The average Bonchev–Trinajstić information content (AvgIpc) is 2.14. The first-order valence-corrected chi connectivity index (χ1v) is 8.43. The van der Waals surface area contributed by atoms with Gasteiger partial charge >= 0.3 is 0 Å². The summed E-state index contributed by atoms with van der Waals surface area (Å²) in [5.41, 5.74) is 4.46. The smallest absolute Gasteiger partial charge is 0.147 e. The summed E-state index contributed by atoms with van der Waals surface area (Å²) in [6.45, 7) is 6.50. The lowest BCUT2D eigenvalue weighted by molar-refractivity contribution is 0.631. The third-order valence-corrected chi connectivity index (χ3v) is 2.70. The van der Waals surface area contributed by atoms with Crippen LogP contribution in [0, 0.1) is 17.3 Å². The van der Waals surface area contributed by atoms with Crippen molar-refractivity contribution >= 4 is 13.8 Å². The Morgan fingerprint density at radius 1 is 1.27 bits per heavy atom. The van der Waals surface area contributed by atoms with Crippen LogP contribution in [0.5, 0.6) is 0 Å². The molecule has 3 heteroatoms. The second-order valence-electron chi connectivity index (χ2n) is 4.44. The fourth-order valence-electron chi connectivity index (χ4n) is 1.06. The van der Waals surface area contributed by atoms with Gasteiger partial charge in [0.15, 0.2) is 0 Å². The van der Waals surface area contributed by atoms with Gasteiger partial charge in [0, 0.05) is 12.6 Å². The minimum atomic E-state index is -1.38. The van der Waals surface area contributed by atoms with Crippen LogP contribution in [0.1, 0.15) is 5.56 Å². The Morgan fingerprint density at radius 3 is 2.40 bits per heavy atom. The highest BCUT2D eigenvalue weighted by Crippen LogP contribution is 2.14. The van der Waals surface area contributed by atoms with E-state index in [-0.39, 0.29) is 5.82 Å². The van der Waals surface area contributed by atoms with Crippen molar-refractivity contribution in [1.82, 2.24) is 0 Å². The molecule has 0 saturated carbocycles. The Kier molecular flexibility index (Phi) is 3.54. The fraction of sp³-hybridized carbons (Fsp3) is 0.333. The zero-order valence-electron chi connectivity index (χ0n) is 9.61. The molecule has 1 aromatic carbocycles. The van der Waals surface area contributed by atoms with Gasteiger partial charge in [0.1, 0.15) is 13.9 Å². The molecule has 1 rings (SSSR count). The van der Waals surface area contributed by atoms with E-state index in [4.69, 9.17) is 0 Å². The standard InChI is InChI=1S/C12H16FNSi/c1-14-12-6-5-10(9-11(12)13)7-8-15(2,3)4/h5-6,9,14H,1-4H3. The van der Waals surface area contributed by atoms with Crippen LogP contribution in [0.25, 0.3) is 0 Å². The highest BCUT2D eigenvalue weighted by atomic mass is 28.3. The molecule has 0 amide bonds. The van der Waals surface area contributed by atoms with Gasteiger partial charge in [-0.1, -0.05) is 25.6 Å². The third-order valence-electron chi connectivity index (χ3n) is 1.82. The number of hydrogen-bond acceptors (Lipinski definition) is 1. The zero-order valence-corrected chi connectivity index (χ0v) is 10.6. The second kappa shape index (κ2) is 4.50. The summed E-state index contributed by atoms with van der Waals surface area (Å²) in [5, 5.41) is 2.78. The van der Waals surface area contributed by atoms with Gasteiger partial charge in [0.05, 0.1) is 5.69 Å². The minimum absolute atomic E-state index is 0.250. The van der Waals surface area contributed by atoms with Gasteiger partial charge in [-0.15, -0.1) is 5.54 Å². The van der Waals surface area contributed by atoms with Gasteiger partial charge in [-0.3, -0.25) is 0 Å². The van der Waals surface area contributed by atoms with Crippen molar-refractivity contribution < 1.29 is 4.39 Å². The molecule has 0 bridgehead atoms. The minimum Gasteiger partial charge on any atom is -0.386 e. The highest BCUT2D eigenvalue weighted by molar-refractivity contribution is 6.83. The molecule has 0 aliphatic carbocycles. The lowest BCUT2D eigenvalue weighted by Crippen LogP contribution is -2.16. The molecule has 1 aromatic rings. The molecule has 0 atom stereocenters. The molecule has 0 spiro atoms. The van der Waals surface area contributed by atoms with E-state index < -0.39 is 8.07 Å². The second-order valence-corrected chi connectivity index (χ2v) is 9.19. The molecule has 0 aliphatic rings. The number of benzene rings is 1. The number of rotatable bonds is 1. The summed E-state index contributed by atoms with van der Waals surface area (Å²) in [6, 6.07) is 5.02. The van der Waals surface area contributed by atoms with Crippen LogP contribution in [-0.4, -0.2) is 15.1 Å². The average molecular weight is 221 g/mol. The van der Waals surface area contributed by atoms with Crippen molar-refractivity contribution in [1.29, 1.82) is 0 Å². The lowest BCUT2D eigenvalue weighted by Gasteiger charge is -2.04. The molecule has 0 radical (unpaired) electrons. The Hall–Kier alpha value is -1.27. The monoisotopic (exact) mass is 221 g/mol. The van der Waals surface area contributed by atoms with Gasteiger partial charge in [-0.05, 0) is 18.2 Å². The summed E-state index contributed by atoms with van der Waals surface area (Å²) in [7, 11) is 0.322. The number of hydrogen-bond donors (Lipinski definition) is 1. The van der Waals surface area contributed by atoms with Crippen LogP contribution in [0.4, 0.5) is 10.1 Å². The maximum atomic E-state index is 13.4. The molecule has 80 valence electrons. The molecular weight excluding hydrogens is 205 g/mol. The topological polar surface area (TPSA) is 12.0 Å². The molecule has 1 nitrogen and oxygen atoms in total. The third kappa shape index (κ3) is 3.76. The van der Waals surface area contributed by atoms with E-state index in [1.54, 1.807) is 13.1 Å². The normalized spacial score (nSPS) is 10.5. The molecule has 0 heterocycles. The van der Waals surface area contributed by atoms with E-state index in [1.807, 2.05) is 6.07 Å². The van der Waals surface area contributed by atoms with E-state index in [1.165, 1.54) is 6.07 Å². The van der Waals surface area contributed by atoms with Crippen LogP contribution >= 0.6 is 0 Å². The highest BCUT2D eigenvalue weighted by Gasteiger charge is 2.07. The summed E-state index contributed by atoms with van der Waals surface area (Å²) >= 11 is 0. The van der Waals surface area contributed by atoms with Crippen LogP contribution < -0.4 is 5.32 Å². The molecule has 0 aromatic heterocycles. The maximum absolute atomic E-state index is 13.4. The van der Waals surface area contributed by atoms with Crippen LogP contribution in [0.2, 0.25) is 19.6 Å². The number of anilines is 1. The maximum Gasteiger partial charge on any atom is 0.147 e. The molecule has 15 heavy (non-hydrogen) atoms. The van der Waals surface area contributed by atoms with Crippen molar-refractivity contribution in [3.63, 3.8) is 0 Å². The number of halogens is 1. The van der Waals surface area contributed by atoms with Crippen molar-refractivity contribution in [2.75, 3.05) is 12.4 Å². The van der Waals surface area contributed by atoms with Crippen molar-refractivity contribution in [2.45, 2.75) is 19.6 Å². The molecule has 0 unspecified atom stereocenters. The SMILES string of the molecule is CNc1ccc(C#C[Si](C)(C)C)cc1F. The van der Waals surface area contributed by atoms with Gasteiger partial charge in [-0.25, -0.2) is 4.39 Å². The van der Waals surface area contributed by atoms with Crippen molar-refractivity contribution in [3.8, 4) is 11.5 Å². The van der Waals surface area contributed by atoms with Crippen LogP contribution in [0.3, 0.4) is 0 Å².